The monoisotopic (exact) mass is 228 g/mol. The lowest BCUT2D eigenvalue weighted by Crippen LogP contribution is -2.11. The average Bonchev–Trinajstić information content (AvgIpc) is 2.31. The lowest BCUT2D eigenvalue weighted by molar-refractivity contribution is 1.26. The van der Waals surface area contributed by atoms with Crippen LogP contribution >= 0.6 is 12.2 Å². The van der Waals surface area contributed by atoms with E-state index < -0.39 is 0 Å². The number of hydrogen-bond acceptors (Lipinski definition) is 2. The third-order valence-corrected chi connectivity index (χ3v) is 2.62. The number of aromatic nitrogens is 1. The van der Waals surface area contributed by atoms with E-state index in [2.05, 4.69) is 10.3 Å². The van der Waals surface area contributed by atoms with Gasteiger partial charge in [0, 0.05) is 23.6 Å². The summed E-state index contributed by atoms with van der Waals surface area (Å²) < 4.78 is 0. The van der Waals surface area contributed by atoms with Crippen molar-refractivity contribution in [2.24, 2.45) is 0 Å². The maximum Gasteiger partial charge on any atom is 0.111 e. The predicted molar refractivity (Wildman–Crippen MR) is 70.7 cm³/mol. The largest absolute Gasteiger partial charge is 0.346 e. The van der Waals surface area contributed by atoms with Crippen LogP contribution in [0.5, 0.6) is 0 Å². The van der Waals surface area contributed by atoms with Gasteiger partial charge in [-0.1, -0.05) is 30.4 Å². The highest BCUT2D eigenvalue weighted by Gasteiger charge is 2.04. The summed E-state index contributed by atoms with van der Waals surface area (Å²) in [4.78, 5) is 4.77. The molecule has 2 nitrogen and oxygen atoms in total. The van der Waals surface area contributed by atoms with Crippen LogP contribution in [-0.2, 0) is 0 Å². The Bertz CT molecular complexity index is 494. The second kappa shape index (κ2) is 4.86. The topological polar surface area (TPSA) is 24.9 Å². The molecule has 1 N–H and O–H groups in total. The van der Waals surface area contributed by atoms with Crippen molar-refractivity contribution >= 4 is 22.9 Å². The zero-order valence-corrected chi connectivity index (χ0v) is 9.79. The van der Waals surface area contributed by atoms with Gasteiger partial charge in [0.05, 0.1) is 0 Å². The molecule has 0 bridgehead atoms. The van der Waals surface area contributed by atoms with Crippen molar-refractivity contribution in [3.8, 4) is 0 Å². The average molecular weight is 228 g/mol. The van der Waals surface area contributed by atoms with E-state index in [0.717, 1.165) is 21.8 Å². The Morgan fingerprint density at radius 1 is 1.19 bits per heavy atom. The molecule has 0 aliphatic carbocycles. The molecule has 0 aliphatic heterocycles. The van der Waals surface area contributed by atoms with Gasteiger partial charge in [-0.05, 0) is 30.7 Å². The first-order valence-corrected chi connectivity index (χ1v) is 5.45. The molecule has 0 saturated heterocycles. The fourth-order valence-electron chi connectivity index (χ4n) is 1.45. The van der Waals surface area contributed by atoms with E-state index in [-0.39, 0.29) is 0 Å². The number of nitrogens with zero attached hydrogens (tertiary/aromatic N) is 1. The van der Waals surface area contributed by atoms with Gasteiger partial charge < -0.3 is 5.32 Å². The predicted octanol–water partition coefficient (Wildman–Crippen LogP) is 3.18. The Kier molecular flexibility index (Phi) is 3.27. The van der Waals surface area contributed by atoms with Crippen LogP contribution in [0.2, 0.25) is 0 Å². The van der Waals surface area contributed by atoms with Gasteiger partial charge in [0.15, 0.2) is 0 Å². The van der Waals surface area contributed by atoms with Crippen LogP contribution < -0.4 is 5.32 Å². The van der Waals surface area contributed by atoms with Crippen molar-refractivity contribution in [2.45, 2.75) is 6.92 Å². The van der Waals surface area contributed by atoms with E-state index in [0.29, 0.717) is 0 Å². The lowest BCUT2D eigenvalue weighted by Gasteiger charge is -2.09. The summed E-state index contributed by atoms with van der Waals surface area (Å²) in [6, 6.07) is 11.8. The summed E-state index contributed by atoms with van der Waals surface area (Å²) in [6.45, 7) is 2.00. The number of thiocarbonyl (C=S) groups is 1. The van der Waals surface area contributed by atoms with Gasteiger partial charge in [-0.15, -0.1) is 0 Å². The van der Waals surface area contributed by atoms with Gasteiger partial charge in [-0.2, -0.15) is 0 Å². The molecule has 1 aromatic heterocycles. The maximum atomic E-state index is 5.35. The van der Waals surface area contributed by atoms with Crippen LogP contribution in [-0.4, -0.2) is 9.97 Å². The Morgan fingerprint density at radius 3 is 2.62 bits per heavy atom. The number of para-hydroxylation sites is 1. The zero-order valence-electron chi connectivity index (χ0n) is 8.97. The Morgan fingerprint density at radius 2 is 1.94 bits per heavy atom. The van der Waals surface area contributed by atoms with Crippen molar-refractivity contribution in [3.63, 3.8) is 0 Å². The van der Waals surface area contributed by atoms with Crippen LogP contribution in [0, 0.1) is 6.92 Å². The standard InChI is InChI=1S/C13H12N2S/c1-10-9-14-8-7-12(10)13(16)15-11-5-3-2-4-6-11/h2-9H,1H3,(H,15,16). The molecule has 0 saturated carbocycles. The summed E-state index contributed by atoms with van der Waals surface area (Å²) >= 11 is 5.35. The number of hydrogen-bond donors (Lipinski definition) is 1. The summed E-state index contributed by atoms with van der Waals surface area (Å²) in [5, 5.41) is 3.20. The van der Waals surface area contributed by atoms with E-state index in [1.165, 1.54) is 0 Å². The minimum absolute atomic E-state index is 0.728. The number of pyridine rings is 1. The summed E-state index contributed by atoms with van der Waals surface area (Å²) in [6.07, 6.45) is 3.57. The molecule has 1 heterocycles. The molecular formula is C13H12N2S. The third kappa shape index (κ3) is 2.44. The summed E-state index contributed by atoms with van der Waals surface area (Å²) in [5.74, 6) is 0. The first kappa shape index (κ1) is 10.8. The Labute approximate surface area is 100 Å². The van der Waals surface area contributed by atoms with Crippen molar-refractivity contribution in [3.05, 3.63) is 59.9 Å². The van der Waals surface area contributed by atoms with E-state index in [1.54, 1.807) is 6.20 Å². The maximum absolute atomic E-state index is 5.35. The highest BCUT2D eigenvalue weighted by molar-refractivity contribution is 7.81. The normalized spacial score (nSPS) is 9.81. The minimum Gasteiger partial charge on any atom is -0.346 e. The summed E-state index contributed by atoms with van der Waals surface area (Å²) in [7, 11) is 0. The molecular weight excluding hydrogens is 216 g/mol. The van der Waals surface area contributed by atoms with E-state index in [1.807, 2.05) is 49.5 Å². The molecule has 0 unspecified atom stereocenters. The fourth-order valence-corrected chi connectivity index (χ4v) is 1.79. The molecule has 0 atom stereocenters. The van der Waals surface area contributed by atoms with Crippen molar-refractivity contribution < 1.29 is 0 Å². The molecule has 0 spiro atoms. The lowest BCUT2D eigenvalue weighted by atomic mass is 10.1. The summed E-state index contributed by atoms with van der Waals surface area (Å²) in [5.41, 5.74) is 3.11. The second-order valence-corrected chi connectivity index (χ2v) is 3.92. The molecule has 3 heteroatoms. The van der Waals surface area contributed by atoms with Gasteiger partial charge in [-0.25, -0.2) is 0 Å². The van der Waals surface area contributed by atoms with Gasteiger partial charge in [0.25, 0.3) is 0 Å². The smallest absolute Gasteiger partial charge is 0.111 e. The molecule has 0 aliphatic rings. The third-order valence-electron chi connectivity index (χ3n) is 2.30. The zero-order chi connectivity index (χ0) is 11.4. The Balaban J connectivity index is 2.19. The van der Waals surface area contributed by atoms with E-state index in [4.69, 9.17) is 12.2 Å². The molecule has 0 amide bonds. The number of anilines is 1. The first-order chi connectivity index (χ1) is 7.77. The second-order valence-electron chi connectivity index (χ2n) is 3.51. The SMILES string of the molecule is Cc1cnccc1C(=S)Nc1ccccc1. The van der Waals surface area contributed by atoms with Crippen LogP contribution in [0.1, 0.15) is 11.1 Å². The van der Waals surface area contributed by atoms with Gasteiger partial charge in [0.2, 0.25) is 0 Å². The fraction of sp³-hybridized carbons (Fsp3) is 0.0769. The molecule has 0 radical (unpaired) electrons. The molecule has 1 aromatic carbocycles. The van der Waals surface area contributed by atoms with Crippen molar-refractivity contribution in [1.82, 2.24) is 4.98 Å². The molecule has 16 heavy (non-hydrogen) atoms. The molecule has 80 valence electrons. The van der Waals surface area contributed by atoms with E-state index in [9.17, 15) is 0 Å². The Hall–Kier alpha value is -1.74. The van der Waals surface area contributed by atoms with Crippen molar-refractivity contribution in [1.29, 1.82) is 0 Å². The quantitative estimate of drug-likeness (QED) is 0.799. The number of aryl methyl sites for hydroxylation is 1. The van der Waals surface area contributed by atoms with Gasteiger partial charge in [0.1, 0.15) is 4.99 Å². The van der Waals surface area contributed by atoms with Crippen molar-refractivity contribution in [2.75, 3.05) is 5.32 Å². The van der Waals surface area contributed by atoms with Crippen LogP contribution in [0.3, 0.4) is 0 Å². The molecule has 0 fully saturated rings. The molecule has 2 rings (SSSR count). The van der Waals surface area contributed by atoms with Crippen LogP contribution in [0.4, 0.5) is 5.69 Å². The molecule has 2 aromatic rings. The number of benzene rings is 1. The highest BCUT2D eigenvalue weighted by atomic mass is 32.1. The number of nitrogens with one attached hydrogen (secondary N) is 1. The van der Waals surface area contributed by atoms with E-state index >= 15 is 0 Å². The van der Waals surface area contributed by atoms with Crippen LogP contribution in [0.15, 0.2) is 48.8 Å². The van der Waals surface area contributed by atoms with Gasteiger partial charge in [-0.3, -0.25) is 4.98 Å². The van der Waals surface area contributed by atoms with Crippen LogP contribution in [0.25, 0.3) is 0 Å². The van der Waals surface area contributed by atoms with Gasteiger partial charge >= 0.3 is 0 Å². The highest BCUT2D eigenvalue weighted by Crippen LogP contribution is 2.11. The first-order valence-electron chi connectivity index (χ1n) is 5.04. The minimum atomic E-state index is 0.728. The number of rotatable bonds is 2.